The van der Waals surface area contributed by atoms with Gasteiger partial charge in [-0.15, -0.1) is 0 Å². The molecule has 0 aromatic carbocycles. The first-order chi connectivity index (χ1) is 36.0. The highest BCUT2D eigenvalue weighted by atomic mass is 16.6. The average Bonchev–Trinajstić information content (AvgIpc) is 3.39. The van der Waals surface area contributed by atoms with Crippen molar-refractivity contribution in [3.05, 3.63) is 122 Å². The molecular weight excluding hydrogens is 901 g/mol. The van der Waals surface area contributed by atoms with Crippen molar-refractivity contribution in [2.45, 2.75) is 271 Å². The number of unbranched alkanes of at least 4 members (excludes halogenated alkanes) is 22. The van der Waals surface area contributed by atoms with E-state index in [1.54, 1.807) is 0 Å². The van der Waals surface area contributed by atoms with E-state index >= 15 is 0 Å². The van der Waals surface area contributed by atoms with Crippen molar-refractivity contribution in [3.8, 4) is 0 Å². The van der Waals surface area contributed by atoms with Gasteiger partial charge in [-0.3, -0.25) is 14.4 Å². The summed E-state index contributed by atoms with van der Waals surface area (Å²) in [5.41, 5.74) is 0. The van der Waals surface area contributed by atoms with Crippen LogP contribution < -0.4 is 0 Å². The van der Waals surface area contributed by atoms with Crippen LogP contribution in [0.15, 0.2) is 122 Å². The maximum absolute atomic E-state index is 12.9. The Bertz CT molecular complexity index is 1540. The van der Waals surface area contributed by atoms with E-state index in [9.17, 15) is 14.4 Å². The zero-order chi connectivity index (χ0) is 52.9. The Morgan fingerprint density at radius 2 is 0.493 bits per heavy atom. The fraction of sp³-hybridized carbons (Fsp3) is 0.657. The highest BCUT2D eigenvalue weighted by Crippen LogP contribution is 2.15. The molecule has 0 amide bonds. The molecule has 0 saturated carbocycles. The van der Waals surface area contributed by atoms with Crippen LogP contribution in [0.5, 0.6) is 0 Å². The minimum atomic E-state index is -0.802. The predicted octanol–water partition coefficient (Wildman–Crippen LogP) is 20.4. The van der Waals surface area contributed by atoms with E-state index in [0.717, 1.165) is 148 Å². The van der Waals surface area contributed by atoms with E-state index in [1.165, 1.54) is 77.0 Å². The molecule has 0 radical (unpaired) electrons. The van der Waals surface area contributed by atoms with Gasteiger partial charge in [0.2, 0.25) is 0 Å². The highest BCUT2D eigenvalue weighted by Gasteiger charge is 2.19. The molecule has 0 heterocycles. The molecule has 0 aromatic rings. The fourth-order valence-electron chi connectivity index (χ4n) is 8.05. The van der Waals surface area contributed by atoms with Gasteiger partial charge in [-0.2, -0.15) is 0 Å². The molecule has 1 atom stereocenters. The van der Waals surface area contributed by atoms with E-state index in [2.05, 4.69) is 142 Å². The van der Waals surface area contributed by atoms with Crippen LogP contribution in [0, 0.1) is 0 Å². The number of hydrogen-bond acceptors (Lipinski definition) is 6. The number of ether oxygens (including phenoxy) is 3. The zero-order valence-electron chi connectivity index (χ0n) is 47.4. The van der Waals surface area contributed by atoms with Gasteiger partial charge in [0, 0.05) is 19.3 Å². The van der Waals surface area contributed by atoms with Crippen LogP contribution in [-0.4, -0.2) is 37.2 Å². The van der Waals surface area contributed by atoms with Crippen LogP contribution in [0.3, 0.4) is 0 Å². The molecule has 0 fully saturated rings. The van der Waals surface area contributed by atoms with Crippen molar-refractivity contribution in [1.82, 2.24) is 0 Å². The summed E-state index contributed by atoms with van der Waals surface area (Å²) in [6.45, 7) is 6.26. The first-order valence-corrected chi connectivity index (χ1v) is 30.0. The van der Waals surface area contributed by atoms with Gasteiger partial charge in [0.15, 0.2) is 6.10 Å². The summed E-state index contributed by atoms with van der Waals surface area (Å²) in [6.07, 6.45) is 83.5. The van der Waals surface area contributed by atoms with Gasteiger partial charge in [-0.1, -0.05) is 245 Å². The van der Waals surface area contributed by atoms with Crippen LogP contribution in [0.25, 0.3) is 0 Å². The minimum Gasteiger partial charge on any atom is -0.462 e. The van der Waals surface area contributed by atoms with E-state index in [1.807, 2.05) is 0 Å². The number of rotatable bonds is 53. The van der Waals surface area contributed by atoms with Gasteiger partial charge in [-0.25, -0.2) is 0 Å². The van der Waals surface area contributed by atoms with Crippen LogP contribution in [0.2, 0.25) is 0 Å². The standard InChI is InChI=1S/C67H110O6/c1-4-7-10-13-16-19-22-25-27-28-29-30-31-32-33-34-35-36-37-38-40-42-45-48-51-54-57-60-66(69)72-63-64(62-71-65(68)59-56-53-50-47-44-41-24-21-18-15-12-9-6-3)73-67(70)61-58-55-52-49-46-43-39-26-23-20-17-14-11-8-5-2/h7-12,16-21,25-27,29-30,39,41,44,64H,4-6,13-15,22-24,28,31-38,40,42-43,45-63H2,1-3H3/b10-7-,11-8-,12-9-,19-16-,20-17-,21-18-,27-25-,30-29-,39-26-,44-41-. The summed E-state index contributed by atoms with van der Waals surface area (Å²) in [5.74, 6) is -0.944. The second-order valence-corrected chi connectivity index (χ2v) is 19.5. The van der Waals surface area contributed by atoms with E-state index < -0.39 is 6.10 Å². The number of hydrogen-bond donors (Lipinski definition) is 0. The van der Waals surface area contributed by atoms with Crippen LogP contribution in [0.4, 0.5) is 0 Å². The summed E-state index contributed by atoms with van der Waals surface area (Å²) in [4.78, 5) is 38.2. The maximum Gasteiger partial charge on any atom is 0.306 e. The summed E-state index contributed by atoms with van der Waals surface area (Å²) < 4.78 is 16.8. The topological polar surface area (TPSA) is 78.9 Å². The molecule has 0 aromatic heterocycles. The molecule has 0 saturated heterocycles. The molecule has 0 N–H and O–H groups in total. The lowest BCUT2D eigenvalue weighted by Crippen LogP contribution is -2.30. The molecule has 0 rings (SSSR count). The zero-order valence-corrected chi connectivity index (χ0v) is 47.4. The normalized spacial score (nSPS) is 13.0. The Labute approximate surface area is 450 Å². The van der Waals surface area contributed by atoms with Crippen LogP contribution in [-0.2, 0) is 28.6 Å². The molecule has 6 heteroatoms. The van der Waals surface area contributed by atoms with E-state index in [4.69, 9.17) is 14.2 Å². The van der Waals surface area contributed by atoms with Crippen LogP contribution in [0.1, 0.15) is 265 Å². The van der Waals surface area contributed by atoms with Crippen molar-refractivity contribution in [2.75, 3.05) is 13.2 Å². The van der Waals surface area contributed by atoms with Crippen molar-refractivity contribution in [2.24, 2.45) is 0 Å². The van der Waals surface area contributed by atoms with Gasteiger partial charge in [0.05, 0.1) is 0 Å². The first kappa shape index (κ1) is 68.8. The first-order valence-electron chi connectivity index (χ1n) is 30.0. The Morgan fingerprint density at radius 1 is 0.274 bits per heavy atom. The number of carbonyl (C=O) groups excluding carboxylic acids is 3. The molecule has 0 spiro atoms. The third-order valence-electron chi connectivity index (χ3n) is 12.4. The Balaban J connectivity index is 4.30. The smallest absolute Gasteiger partial charge is 0.306 e. The van der Waals surface area contributed by atoms with Gasteiger partial charge in [0.25, 0.3) is 0 Å². The Hall–Kier alpha value is -4.19. The summed E-state index contributed by atoms with van der Waals surface area (Å²) in [5, 5.41) is 0. The highest BCUT2D eigenvalue weighted by molar-refractivity contribution is 5.71. The molecular formula is C67H110O6. The van der Waals surface area contributed by atoms with Gasteiger partial charge in [-0.05, 0) is 122 Å². The summed E-state index contributed by atoms with van der Waals surface area (Å²) in [7, 11) is 0. The Morgan fingerprint density at radius 3 is 0.781 bits per heavy atom. The number of allylic oxidation sites excluding steroid dienone is 20. The summed E-state index contributed by atoms with van der Waals surface area (Å²) >= 11 is 0. The van der Waals surface area contributed by atoms with Crippen LogP contribution >= 0.6 is 0 Å². The van der Waals surface area contributed by atoms with Crippen molar-refractivity contribution in [1.29, 1.82) is 0 Å². The average molecular weight is 1010 g/mol. The lowest BCUT2D eigenvalue weighted by Gasteiger charge is -2.18. The summed E-state index contributed by atoms with van der Waals surface area (Å²) in [6, 6.07) is 0. The van der Waals surface area contributed by atoms with Gasteiger partial charge in [0.1, 0.15) is 13.2 Å². The molecule has 0 aliphatic heterocycles. The molecule has 0 aliphatic rings. The second-order valence-electron chi connectivity index (χ2n) is 19.5. The maximum atomic E-state index is 12.9. The molecule has 1 unspecified atom stereocenters. The monoisotopic (exact) mass is 1010 g/mol. The molecule has 0 aliphatic carbocycles. The SMILES string of the molecule is CC/C=C\C/C=C\C/C=C\C/C=C\CCCCCCCCCCCCCCCCC(=O)OCC(COC(=O)CCCCC/C=C\C/C=C\C/C=C\CC)OC(=O)CCCCCCC/C=C\C/C=C\C/C=C\CC. The van der Waals surface area contributed by atoms with Gasteiger partial charge >= 0.3 is 17.9 Å². The van der Waals surface area contributed by atoms with E-state index in [0.29, 0.717) is 19.3 Å². The van der Waals surface area contributed by atoms with Gasteiger partial charge < -0.3 is 14.2 Å². The fourth-order valence-corrected chi connectivity index (χ4v) is 8.05. The minimum absolute atomic E-state index is 0.0965. The van der Waals surface area contributed by atoms with Crippen molar-refractivity contribution in [3.63, 3.8) is 0 Å². The predicted molar refractivity (Wildman–Crippen MR) is 316 cm³/mol. The largest absolute Gasteiger partial charge is 0.462 e. The van der Waals surface area contributed by atoms with Crippen molar-refractivity contribution >= 4 is 17.9 Å². The number of esters is 3. The Kier molecular flexibility index (Phi) is 56.9. The number of carbonyl (C=O) groups is 3. The second kappa shape index (κ2) is 60.4. The third-order valence-corrected chi connectivity index (χ3v) is 12.4. The quantitative estimate of drug-likeness (QED) is 0.0261. The lowest BCUT2D eigenvalue weighted by molar-refractivity contribution is -0.167. The molecule has 6 nitrogen and oxygen atoms in total. The third kappa shape index (κ3) is 58.6. The molecule has 73 heavy (non-hydrogen) atoms. The van der Waals surface area contributed by atoms with Crippen molar-refractivity contribution < 1.29 is 28.6 Å². The molecule has 0 bridgehead atoms. The lowest BCUT2D eigenvalue weighted by atomic mass is 10.0. The van der Waals surface area contributed by atoms with E-state index in [-0.39, 0.29) is 31.1 Å². The molecule has 414 valence electrons.